The van der Waals surface area contributed by atoms with Crippen molar-refractivity contribution in [1.82, 2.24) is 0 Å². The number of hydrogen-bond donors (Lipinski definition) is 0. The first-order valence-electron chi connectivity index (χ1n) is 3.72. The Hall–Kier alpha value is 0.01000. The third kappa shape index (κ3) is 1.65. The van der Waals surface area contributed by atoms with Gasteiger partial charge in [-0.1, -0.05) is 35.3 Å². The fourth-order valence-corrected chi connectivity index (χ4v) is 2.51. The second-order valence-corrected chi connectivity index (χ2v) is 4.67. The molecule has 0 aliphatic rings. The second-order valence-electron chi connectivity index (χ2n) is 2.69. The molecule has 0 amide bonds. The zero-order chi connectivity index (χ0) is 9.42. The molecule has 0 saturated heterocycles. The van der Waals surface area contributed by atoms with Crippen LogP contribution >= 0.6 is 45.8 Å². The van der Waals surface area contributed by atoms with E-state index >= 15 is 0 Å². The van der Waals surface area contributed by atoms with Crippen LogP contribution in [0.15, 0.2) is 30.3 Å². The Morgan fingerprint density at radius 2 is 1.62 bits per heavy atom. The van der Waals surface area contributed by atoms with Crippen LogP contribution in [-0.4, -0.2) is 0 Å². The first kappa shape index (κ1) is 9.56. The Morgan fingerprint density at radius 3 is 2.31 bits per heavy atom. The van der Waals surface area contributed by atoms with Crippen LogP contribution in [0.1, 0.15) is 0 Å². The third-order valence-corrected chi connectivity index (χ3v) is 3.46. The molecule has 3 heteroatoms. The molecule has 0 unspecified atom stereocenters. The summed E-state index contributed by atoms with van der Waals surface area (Å²) in [4.78, 5) is 0. The maximum Gasteiger partial charge on any atom is 0.0500 e. The van der Waals surface area contributed by atoms with Crippen LogP contribution in [0.25, 0.3) is 10.8 Å². The highest BCUT2D eigenvalue weighted by Crippen LogP contribution is 2.32. The Balaban J connectivity index is 3.00. The van der Waals surface area contributed by atoms with E-state index in [0.29, 0.717) is 10.0 Å². The summed E-state index contributed by atoms with van der Waals surface area (Å²) >= 11 is 14.4. The molecule has 2 rings (SSSR count). The van der Waals surface area contributed by atoms with Gasteiger partial charge in [-0.25, -0.2) is 0 Å². The van der Waals surface area contributed by atoms with Gasteiger partial charge in [0.1, 0.15) is 0 Å². The molecule has 0 spiro atoms. The van der Waals surface area contributed by atoms with Gasteiger partial charge in [-0.15, -0.1) is 0 Å². The predicted octanol–water partition coefficient (Wildman–Crippen LogP) is 4.75. The van der Waals surface area contributed by atoms with Crippen molar-refractivity contribution in [2.24, 2.45) is 0 Å². The van der Waals surface area contributed by atoms with E-state index in [1.54, 1.807) is 0 Å². The molecule has 0 N–H and O–H groups in total. The van der Waals surface area contributed by atoms with E-state index in [2.05, 4.69) is 22.6 Å². The van der Waals surface area contributed by atoms with E-state index in [1.165, 1.54) is 3.57 Å². The lowest BCUT2D eigenvalue weighted by Gasteiger charge is -2.04. The highest BCUT2D eigenvalue weighted by molar-refractivity contribution is 14.1. The molecule has 0 saturated carbocycles. The molecule has 0 aromatic heterocycles. The number of benzene rings is 2. The molecule has 0 aliphatic heterocycles. The van der Waals surface area contributed by atoms with Crippen LogP contribution < -0.4 is 0 Å². The smallest absolute Gasteiger partial charge is 0.0500 e. The summed E-state index contributed by atoms with van der Waals surface area (Å²) < 4.78 is 1.17. The molecule has 0 aliphatic carbocycles. The minimum atomic E-state index is 0.709. The van der Waals surface area contributed by atoms with Crippen LogP contribution in [0.3, 0.4) is 0 Å². The van der Waals surface area contributed by atoms with Gasteiger partial charge in [0.2, 0.25) is 0 Å². The highest BCUT2D eigenvalue weighted by Gasteiger charge is 2.05. The number of fused-ring (bicyclic) bond motifs is 1. The van der Waals surface area contributed by atoms with Gasteiger partial charge >= 0.3 is 0 Å². The topological polar surface area (TPSA) is 0 Å². The van der Waals surface area contributed by atoms with Crippen molar-refractivity contribution < 1.29 is 0 Å². The van der Waals surface area contributed by atoms with Crippen molar-refractivity contribution in [2.75, 3.05) is 0 Å². The maximum absolute atomic E-state index is 6.05. The maximum atomic E-state index is 6.05. The Labute approximate surface area is 100.0 Å². The van der Waals surface area contributed by atoms with Crippen molar-refractivity contribution in [3.8, 4) is 0 Å². The van der Waals surface area contributed by atoms with Crippen molar-refractivity contribution in [2.45, 2.75) is 0 Å². The zero-order valence-electron chi connectivity index (χ0n) is 6.52. The standard InChI is InChI=1S/C10H5Cl2I/c11-7-3-1-2-6-9(13)5-4-8(12)10(6)7/h1-5H. The minimum absolute atomic E-state index is 0.709. The normalized spacial score (nSPS) is 10.7. The number of halogens is 3. The molecule has 2 aromatic carbocycles. The SMILES string of the molecule is Clc1cccc2c(I)ccc(Cl)c12. The quantitative estimate of drug-likeness (QED) is 0.614. The average molecular weight is 323 g/mol. The summed E-state index contributed by atoms with van der Waals surface area (Å²) in [5.41, 5.74) is 0. The third-order valence-electron chi connectivity index (χ3n) is 1.89. The van der Waals surface area contributed by atoms with Gasteiger partial charge < -0.3 is 0 Å². The lowest BCUT2D eigenvalue weighted by Crippen LogP contribution is -1.79. The van der Waals surface area contributed by atoms with E-state index in [-0.39, 0.29) is 0 Å². The van der Waals surface area contributed by atoms with Crippen molar-refractivity contribution in [3.63, 3.8) is 0 Å². The molecule has 0 bridgehead atoms. The molecule has 0 fully saturated rings. The first-order valence-corrected chi connectivity index (χ1v) is 5.56. The number of rotatable bonds is 0. The predicted molar refractivity (Wildman–Crippen MR) is 66.7 cm³/mol. The molecule has 0 atom stereocenters. The van der Waals surface area contributed by atoms with Gasteiger partial charge in [0.05, 0.1) is 0 Å². The average Bonchev–Trinajstić information content (AvgIpc) is 2.12. The minimum Gasteiger partial charge on any atom is -0.0836 e. The largest absolute Gasteiger partial charge is 0.0836 e. The molecule has 0 nitrogen and oxygen atoms in total. The van der Waals surface area contributed by atoms with Crippen molar-refractivity contribution in [3.05, 3.63) is 43.9 Å². The second kappa shape index (κ2) is 3.64. The Bertz CT molecular complexity index is 457. The van der Waals surface area contributed by atoms with E-state index < -0.39 is 0 Å². The summed E-state index contributed by atoms with van der Waals surface area (Å²) in [6, 6.07) is 9.67. The summed E-state index contributed by atoms with van der Waals surface area (Å²) in [6.07, 6.45) is 0. The van der Waals surface area contributed by atoms with Gasteiger partial charge in [-0.2, -0.15) is 0 Å². The summed E-state index contributed by atoms with van der Waals surface area (Å²) in [7, 11) is 0. The molecular formula is C10H5Cl2I. The Morgan fingerprint density at radius 1 is 0.923 bits per heavy atom. The first-order chi connectivity index (χ1) is 6.20. The van der Waals surface area contributed by atoms with E-state index in [4.69, 9.17) is 23.2 Å². The van der Waals surface area contributed by atoms with E-state index in [1.807, 2.05) is 30.3 Å². The number of hydrogen-bond acceptors (Lipinski definition) is 0. The van der Waals surface area contributed by atoms with E-state index in [0.717, 1.165) is 10.8 Å². The lowest BCUT2D eigenvalue weighted by atomic mass is 10.1. The van der Waals surface area contributed by atoms with Gasteiger partial charge in [-0.05, 0) is 46.2 Å². The monoisotopic (exact) mass is 322 g/mol. The molecular weight excluding hydrogens is 318 g/mol. The molecule has 66 valence electrons. The fourth-order valence-electron chi connectivity index (χ4n) is 1.29. The van der Waals surface area contributed by atoms with Crippen molar-refractivity contribution >= 4 is 56.6 Å². The van der Waals surface area contributed by atoms with Gasteiger partial charge in [0.25, 0.3) is 0 Å². The molecule has 0 radical (unpaired) electrons. The van der Waals surface area contributed by atoms with Crippen LogP contribution in [0.5, 0.6) is 0 Å². The fraction of sp³-hybridized carbons (Fsp3) is 0. The Kier molecular flexibility index (Phi) is 2.67. The van der Waals surface area contributed by atoms with Crippen LogP contribution in [-0.2, 0) is 0 Å². The van der Waals surface area contributed by atoms with Gasteiger partial charge in [-0.3, -0.25) is 0 Å². The van der Waals surface area contributed by atoms with Gasteiger partial charge in [0, 0.05) is 19.0 Å². The van der Waals surface area contributed by atoms with E-state index in [9.17, 15) is 0 Å². The molecule has 2 aromatic rings. The summed E-state index contributed by atoms with van der Waals surface area (Å²) in [6.45, 7) is 0. The van der Waals surface area contributed by atoms with Crippen molar-refractivity contribution in [1.29, 1.82) is 0 Å². The molecule has 0 heterocycles. The van der Waals surface area contributed by atoms with Gasteiger partial charge in [0.15, 0.2) is 0 Å². The van der Waals surface area contributed by atoms with Crippen LogP contribution in [0.4, 0.5) is 0 Å². The molecule has 13 heavy (non-hydrogen) atoms. The van der Waals surface area contributed by atoms with Crippen LogP contribution in [0.2, 0.25) is 10.0 Å². The lowest BCUT2D eigenvalue weighted by molar-refractivity contribution is 1.70. The van der Waals surface area contributed by atoms with Crippen LogP contribution in [0, 0.1) is 3.57 Å². The highest BCUT2D eigenvalue weighted by atomic mass is 127. The zero-order valence-corrected chi connectivity index (χ0v) is 10.2. The summed E-state index contributed by atoms with van der Waals surface area (Å²) in [5, 5.41) is 3.47. The summed E-state index contributed by atoms with van der Waals surface area (Å²) in [5.74, 6) is 0.